The Bertz CT molecular complexity index is 1340. The van der Waals surface area contributed by atoms with Crippen molar-refractivity contribution in [3.63, 3.8) is 0 Å². The molecule has 11 nitrogen and oxygen atoms in total. The molecule has 1 aliphatic heterocycles. The second kappa shape index (κ2) is 8.11. The number of fused-ring (bicyclic) bond motifs is 2. The van der Waals surface area contributed by atoms with Crippen molar-refractivity contribution in [3.05, 3.63) is 57.5 Å². The number of hydrogen-bond donors (Lipinski definition) is 1. The standard InChI is InChI=1S/C21H22FN7O4/c1-11(2)27-9-13-18(21(27)33)28(10-16(30)24-15-6-5-12(22)8-23-15)17-7-14(20(32)26(3)4)25-29(17)19(13)31/h5-8,11H,9-10H2,1-4H3,(H,23,24,30). The third-order valence-corrected chi connectivity index (χ3v) is 5.31. The zero-order chi connectivity index (χ0) is 24.0. The van der Waals surface area contributed by atoms with Gasteiger partial charge < -0.3 is 19.7 Å². The Kier molecular flexibility index (Phi) is 5.44. The van der Waals surface area contributed by atoms with Crippen LogP contribution in [0.2, 0.25) is 0 Å². The maximum absolute atomic E-state index is 13.2. The minimum Gasteiger partial charge on any atom is -0.343 e. The number of pyridine rings is 1. The van der Waals surface area contributed by atoms with Gasteiger partial charge in [0.2, 0.25) is 5.91 Å². The van der Waals surface area contributed by atoms with Crippen LogP contribution in [-0.4, -0.2) is 66.8 Å². The number of hydrogen-bond acceptors (Lipinski definition) is 6. The van der Waals surface area contributed by atoms with E-state index in [2.05, 4.69) is 15.4 Å². The van der Waals surface area contributed by atoms with Crippen LogP contribution in [0.4, 0.5) is 10.2 Å². The van der Waals surface area contributed by atoms with Gasteiger partial charge in [-0.2, -0.15) is 9.61 Å². The van der Waals surface area contributed by atoms with Gasteiger partial charge in [-0.05, 0) is 26.0 Å². The number of carbonyl (C=O) groups is 3. The molecule has 3 aromatic heterocycles. The van der Waals surface area contributed by atoms with Crippen molar-refractivity contribution in [3.8, 4) is 0 Å². The van der Waals surface area contributed by atoms with E-state index in [0.29, 0.717) is 0 Å². The highest BCUT2D eigenvalue weighted by molar-refractivity contribution is 5.99. The Morgan fingerprint density at radius 1 is 1.24 bits per heavy atom. The van der Waals surface area contributed by atoms with Crippen LogP contribution in [0, 0.1) is 5.82 Å². The van der Waals surface area contributed by atoms with Gasteiger partial charge >= 0.3 is 0 Å². The lowest BCUT2D eigenvalue weighted by atomic mass is 10.2. The lowest BCUT2D eigenvalue weighted by molar-refractivity contribution is -0.116. The van der Waals surface area contributed by atoms with E-state index in [1.807, 2.05) is 13.8 Å². The number of halogens is 1. The summed E-state index contributed by atoms with van der Waals surface area (Å²) in [4.78, 5) is 58.1. The van der Waals surface area contributed by atoms with Crippen molar-refractivity contribution in [2.24, 2.45) is 0 Å². The Morgan fingerprint density at radius 3 is 2.58 bits per heavy atom. The highest BCUT2D eigenvalue weighted by atomic mass is 19.1. The molecule has 4 heterocycles. The molecule has 1 N–H and O–H groups in total. The van der Waals surface area contributed by atoms with E-state index in [0.717, 1.165) is 16.8 Å². The SMILES string of the molecule is CC(C)N1Cc2c(n(CC(=O)Nc3ccc(F)cn3)c3cc(C(=O)N(C)C)nn3c2=O)C1=O. The number of anilines is 1. The third kappa shape index (κ3) is 3.83. The number of nitrogens with one attached hydrogen (secondary N) is 1. The van der Waals surface area contributed by atoms with E-state index in [4.69, 9.17) is 0 Å². The van der Waals surface area contributed by atoms with Crippen LogP contribution in [-0.2, 0) is 17.9 Å². The van der Waals surface area contributed by atoms with Crippen molar-refractivity contribution >= 4 is 29.2 Å². The summed E-state index contributed by atoms with van der Waals surface area (Å²) in [5.74, 6) is -1.81. The Balaban J connectivity index is 1.83. The first-order valence-corrected chi connectivity index (χ1v) is 10.2. The summed E-state index contributed by atoms with van der Waals surface area (Å²) in [6.07, 6.45) is 0.963. The molecule has 0 spiro atoms. The molecule has 4 rings (SSSR count). The van der Waals surface area contributed by atoms with Crippen molar-refractivity contribution < 1.29 is 18.8 Å². The number of nitrogens with zero attached hydrogens (tertiary/aromatic N) is 6. The van der Waals surface area contributed by atoms with Crippen molar-refractivity contribution in [2.75, 3.05) is 19.4 Å². The van der Waals surface area contributed by atoms with Gasteiger partial charge in [0.25, 0.3) is 17.4 Å². The number of aromatic nitrogens is 4. The molecule has 0 atom stereocenters. The van der Waals surface area contributed by atoms with Gasteiger partial charge in [-0.15, -0.1) is 0 Å². The summed E-state index contributed by atoms with van der Waals surface area (Å²) in [5.41, 5.74) is -0.118. The van der Waals surface area contributed by atoms with Crippen LogP contribution in [0.1, 0.15) is 40.4 Å². The maximum Gasteiger partial charge on any atom is 0.280 e. The van der Waals surface area contributed by atoms with E-state index < -0.39 is 29.1 Å². The predicted octanol–water partition coefficient (Wildman–Crippen LogP) is 0.735. The smallest absolute Gasteiger partial charge is 0.280 e. The molecule has 12 heteroatoms. The zero-order valence-electron chi connectivity index (χ0n) is 18.5. The number of carbonyl (C=O) groups excluding carboxylic acids is 3. The average Bonchev–Trinajstić information content (AvgIpc) is 3.35. The van der Waals surface area contributed by atoms with Gasteiger partial charge in [-0.1, -0.05) is 0 Å². The zero-order valence-corrected chi connectivity index (χ0v) is 18.5. The lowest BCUT2D eigenvalue weighted by Gasteiger charge is -2.20. The van der Waals surface area contributed by atoms with Crippen molar-refractivity contribution in [2.45, 2.75) is 33.0 Å². The van der Waals surface area contributed by atoms with E-state index >= 15 is 0 Å². The second-order valence-electron chi connectivity index (χ2n) is 8.15. The number of rotatable bonds is 5. The molecule has 0 aromatic carbocycles. The van der Waals surface area contributed by atoms with E-state index in [1.165, 1.54) is 26.5 Å². The number of amides is 3. The fraction of sp³-hybridized carbons (Fsp3) is 0.333. The largest absolute Gasteiger partial charge is 0.343 e. The normalized spacial score (nSPS) is 13.0. The fourth-order valence-electron chi connectivity index (χ4n) is 3.67. The monoisotopic (exact) mass is 455 g/mol. The molecule has 0 aliphatic carbocycles. The van der Waals surface area contributed by atoms with Crippen molar-refractivity contribution in [1.29, 1.82) is 0 Å². The molecule has 0 radical (unpaired) electrons. The summed E-state index contributed by atoms with van der Waals surface area (Å²) in [6.45, 7) is 3.36. The topological polar surface area (TPSA) is 122 Å². The van der Waals surface area contributed by atoms with E-state index in [9.17, 15) is 23.6 Å². The Hall–Kier alpha value is -4.09. The molecule has 0 saturated carbocycles. The fourth-order valence-corrected chi connectivity index (χ4v) is 3.67. The highest BCUT2D eigenvalue weighted by Crippen LogP contribution is 2.24. The molecule has 0 unspecified atom stereocenters. The lowest BCUT2D eigenvalue weighted by Crippen LogP contribution is -2.32. The first-order chi connectivity index (χ1) is 15.6. The molecule has 0 fully saturated rings. The van der Waals surface area contributed by atoms with E-state index in [1.54, 1.807) is 14.1 Å². The predicted molar refractivity (Wildman–Crippen MR) is 115 cm³/mol. The maximum atomic E-state index is 13.2. The summed E-state index contributed by atoms with van der Waals surface area (Å²) < 4.78 is 15.5. The van der Waals surface area contributed by atoms with Crippen LogP contribution < -0.4 is 10.9 Å². The van der Waals surface area contributed by atoms with Gasteiger partial charge in [-0.25, -0.2) is 9.37 Å². The Labute approximate surface area is 187 Å². The Morgan fingerprint density at radius 2 is 1.97 bits per heavy atom. The van der Waals surface area contributed by atoms with Gasteiger partial charge in [0, 0.05) is 26.2 Å². The molecular weight excluding hydrogens is 433 g/mol. The molecule has 33 heavy (non-hydrogen) atoms. The van der Waals surface area contributed by atoms with Gasteiger partial charge in [0.05, 0.1) is 18.3 Å². The van der Waals surface area contributed by atoms with E-state index in [-0.39, 0.29) is 47.5 Å². The summed E-state index contributed by atoms with van der Waals surface area (Å²) in [7, 11) is 3.09. The van der Waals surface area contributed by atoms with Crippen LogP contribution in [0.3, 0.4) is 0 Å². The first kappa shape index (κ1) is 22.1. The molecule has 0 bridgehead atoms. The molecule has 0 saturated heterocycles. The van der Waals surface area contributed by atoms with Gasteiger partial charge in [-0.3, -0.25) is 19.2 Å². The van der Waals surface area contributed by atoms with Crippen LogP contribution in [0.5, 0.6) is 0 Å². The first-order valence-electron chi connectivity index (χ1n) is 10.2. The average molecular weight is 455 g/mol. The molecule has 1 aliphatic rings. The highest BCUT2D eigenvalue weighted by Gasteiger charge is 2.36. The summed E-state index contributed by atoms with van der Waals surface area (Å²) in [6, 6.07) is 3.65. The third-order valence-electron chi connectivity index (χ3n) is 5.31. The molecule has 3 amide bonds. The van der Waals surface area contributed by atoms with Gasteiger partial charge in [0.15, 0.2) is 5.69 Å². The molecule has 3 aromatic rings. The summed E-state index contributed by atoms with van der Waals surface area (Å²) in [5, 5.41) is 6.68. The minimum absolute atomic E-state index is 0.00305. The summed E-state index contributed by atoms with van der Waals surface area (Å²) >= 11 is 0. The van der Waals surface area contributed by atoms with Crippen molar-refractivity contribution in [1.82, 2.24) is 29.0 Å². The van der Waals surface area contributed by atoms with Gasteiger partial charge in [0.1, 0.15) is 29.5 Å². The quantitative estimate of drug-likeness (QED) is 0.606. The van der Waals surface area contributed by atoms with Crippen LogP contribution in [0.25, 0.3) is 5.65 Å². The second-order valence-corrected chi connectivity index (χ2v) is 8.15. The van der Waals surface area contributed by atoms with Crippen LogP contribution in [0.15, 0.2) is 29.2 Å². The van der Waals surface area contributed by atoms with Crippen LogP contribution >= 0.6 is 0 Å². The molecular formula is C21H22FN7O4. The minimum atomic E-state index is -0.556. The molecule has 172 valence electrons.